The molecular weight excluding hydrogens is 833 g/mol. The molecule has 15 nitrogen and oxygen atoms in total. The molecule has 6 aromatic heterocycles. The Morgan fingerprint density at radius 3 is 1.65 bits per heavy atom. The highest BCUT2D eigenvalue weighted by Crippen LogP contribution is 2.33. The number of nitrogens with zero attached hydrogens (tertiary/aromatic N) is 9. The van der Waals surface area contributed by atoms with Gasteiger partial charge in [0.1, 0.15) is 34.4 Å². The number of carbonyl (C=O) groups is 1. The fourth-order valence-electron chi connectivity index (χ4n) is 7.79. The number of benzene rings is 2. The lowest BCUT2D eigenvalue weighted by Gasteiger charge is -2.14. The number of amides is 1. The third-order valence-corrected chi connectivity index (χ3v) is 11.4. The zero-order valence-electron chi connectivity index (χ0n) is 37.6. The van der Waals surface area contributed by atoms with Crippen LogP contribution in [-0.4, -0.2) is 94.6 Å². The van der Waals surface area contributed by atoms with Crippen LogP contribution in [0.15, 0.2) is 85.5 Å². The lowest BCUT2D eigenvalue weighted by Crippen LogP contribution is -2.23. The second kappa shape index (κ2) is 20.3. The van der Waals surface area contributed by atoms with Gasteiger partial charge in [-0.1, -0.05) is 0 Å². The van der Waals surface area contributed by atoms with Crippen molar-refractivity contribution in [3.05, 3.63) is 142 Å². The predicted molar refractivity (Wildman–Crippen MR) is 245 cm³/mol. The molecule has 0 spiro atoms. The van der Waals surface area contributed by atoms with Crippen LogP contribution in [0.4, 0.5) is 8.78 Å². The molecule has 1 amide bonds. The molecule has 8 aromatic rings. The van der Waals surface area contributed by atoms with E-state index in [1.807, 2.05) is 79.6 Å². The van der Waals surface area contributed by atoms with Crippen molar-refractivity contribution in [1.29, 1.82) is 0 Å². The Labute approximate surface area is 375 Å². The first-order valence-corrected chi connectivity index (χ1v) is 21.4. The number of aliphatic hydroxyl groups is 1. The van der Waals surface area contributed by atoms with E-state index in [0.717, 1.165) is 56.3 Å². The van der Waals surface area contributed by atoms with Gasteiger partial charge < -0.3 is 39.7 Å². The molecule has 5 N–H and O–H groups in total. The quantitative estimate of drug-likeness (QED) is 0.107. The van der Waals surface area contributed by atoms with Gasteiger partial charge >= 0.3 is 0 Å². The maximum atomic E-state index is 14.2. The molecule has 0 radical (unpaired) electrons. The average molecular weight is 888 g/mol. The second-order valence-electron chi connectivity index (χ2n) is 15.9. The van der Waals surface area contributed by atoms with Gasteiger partial charge in [-0.05, 0) is 87.6 Å². The van der Waals surface area contributed by atoms with E-state index >= 15 is 0 Å². The average Bonchev–Trinajstić information content (AvgIpc) is 4.05. The summed E-state index contributed by atoms with van der Waals surface area (Å²) in [7, 11) is 7.07. The molecule has 0 aliphatic heterocycles. The number of hydrogen-bond acceptors (Lipinski definition) is 10. The van der Waals surface area contributed by atoms with E-state index in [4.69, 9.17) is 20.9 Å². The zero-order chi connectivity index (χ0) is 46.4. The first-order valence-electron chi connectivity index (χ1n) is 21.4. The molecule has 0 saturated heterocycles. The van der Waals surface area contributed by atoms with Gasteiger partial charge in [-0.3, -0.25) is 14.2 Å². The molecule has 65 heavy (non-hydrogen) atoms. The van der Waals surface area contributed by atoms with Crippen molar-refractivity contribution in [3.8, 4) is 33.8 Å². The van der Waals surface area contributed by atoms with Crippen LogP contribution in [0, 0.1) is 25.5 Å². The fourth-order valence-corrected chi connectivity index (χ4v) is 7.79. The summed E-state index contributed by atoms with van der Waals surface area (Å²) in [6.45, 7) is 5.50. The van der Waals surface area contributed by atoms with Crippen molar-refractivity contribution < 1.29 is 28.2 Å². The van der Waals surface area contributed by atoms with E-state index in [9.17, 15) is 18.7 Å². The number of imidazole rings is 2. The van der Waals surface area contributed by atoms with Crippen molar-refractivity contribution in [2.45, 2.75) is 46.1 Å². The summed E-state index contributed by atoms with van der Waals surface area (Å²) in [5.74, 6) is 0.317. The van der Waals surface area contributed by atoms with Crippen LogP contribution < -0.4 is 20.9 Å². The smallest absolute Gasteiger partial charge is 0.274 e. The van der Waals surface area contributed by atoms with E-state index in [2.05, 4.69) is 20.2 Å². The molecule has 0 saturated carbocycles. The van der Waals surface area contributed by atoms with E-state index in [-0.39, 0.29) is 24.1 Å². The van der Waals surface area contributed by atoms with Gasteiger partial charge in [-0.2, -0.15) is 10.2 Å². The first-order chi connectivity index (χ1) is 31.3. The first kappa shape index (κ1) is 46.1. The second-order valence-corrected chi connectivity index (χ2v) is 15.9. The molecule has 340 valence electrons. The van der Waals surface area contributed by atoms with Crippen molar-refractivity contribution in [2.75, 3.05) is 40.4 Å². The zero-order valence-corrected chi connectivity index (χ0v) is 37.6. The standard InChI is InChI=1S/C25H29FN6O2.C23H26FN5O2/c1-16-20(24(29-31(16)4)25(33)30(2)3)10-12-34-22-7-6-18(26)13-21(22)17-5-8-23-28-14-19(9-11-27)32(23)15-17;1-15-19(21(14-30)27-28(15)2)8-10-31-22-5-4-17(24)11-20(22)16-3-6-23-26-12-18(7-9-25)29(23)13-16/h5-8,13-15H,9-12,27H2,1-4H3;3-6,11-13,30H,7-10,14,25H2,1-2H3. The molecule has 0 aliphatic carbocycles. The molecule has 0 fully saturated rings. The topological polar surface area (TPSA) is 181 Å². The normalized spacial score (nSPS) is 11.3. The SMILES string of the molecule is Cc1c(CCOc2ccc(F)cc2-c2ccc3ncc(CCN)n3c2)c(C(=O)N(C)C)nn1C.Cc1c(CCOc2ccc(F)cc2-c2ccc3ncc(CCN)n3c2)c(CO)nn1C. The fraction of sp³-hybridized carbons (Fsp3) is 0.312. The molecule has 17 heteroatoms. The lowest BCUT2D eigenvalue weighted by atomic mass is 10.1. The van der Waals surface area contributed by atoms with E-state index in [1.54, 1.807) is 41.8 Å². The van der Waals surface area contributed by atoms with Gasteiger partial charge in [-0.15, -0.1) is 0 Å². The van der Waals surface area contributed by atoms with Gasteiger partial charge in [0.2, 0.25) is 0 Å². The van der Waals surface area contributed by atoms with E-state index in [1.165, 1.54) is 29.2 Å². The minimum Gasteiger partial charge on any atom is -0.493 e. The highest BCUT2D eigenvalue weighted by molar-refractivity contribution is 5.93. The molecule has 0 atom stereocenters. The maximum Gasteiger partial charge on any atom is 0.274 e. The monoisotopic (exact) mass is 887 g/mol. The van der Waals surface area contributed by atoms with Crippen LogP contribution in [0.2, 0.25) is 0 Å². The van der Waals surface area contributed by atoms with Crippen LogP contribution in [0.1, 0.15) is 50.1 Å². The molecular formula is C48H55F2N11O4. The number of hydrogen-bond donors (Lipinski definition) is 3. The Hall–Kier alpha value is -6.95. The third-order valence-electron chi connectivity index (χ3n) is 11.4. The van der Waals surface area contributed by atoms with Crippen molar-refractivity contribution in [3.63, 3.8) is 0 Å². The molecule has 0 bridgehead atoms. The van der Waals surface area contributed by atoms with Gasteiger partial charge in [-0.25, -0.2) is 18.7 Å². The van der Waals surface area contributed by atoms with Gasteiger partial charge in [0, 0.05) is 135 Å². The Morgan fingerprint density at radius 1 is 0.692 bits per heavy atom. The van der Waals surface area contributed by atoms with Crippen LogP contribution in [0.5, 0.6) is 11.5 Å². The highest BCUT2D eigenvalue weighted by Gasteiger charge is 2.22. The number of rotatable bonds is 16. The predicted octanol–water partition coefficient (Wildman–Crippen LogP) is 5.80. The minimum atomic E-state index is -0.350. The van der Waals surface area contributed by atoms with Crippen LogP contribution in [-0.2, 0) is 46.4 Å². The lowest BCUT2D eigenvalue weighted by molar-refractivity contribution is 0.0820. The Balaban J connectivity index is 0.000000195. The number of halogens is 2. The van der Waals surface area contributed by atoms with E-state index < -0.39 is 0 Å². The van der Waals surface area contributed by atoms with Gasteiger partial charge in [0.05, 0.1) is 25.5 Å². The maximum absolute atomic E-state index is 14.2. The number of aryl methyl sites for hydroxylation is 2. The summed E-state index contributed by atoms with van der Waals surface area (Å²) in [5, 5.41) is 18.3. The summed E-state index contributed by atoms with van der Waals surface area (Å²) in [6, 6.07) is 16.6. The van der Waals surface area contributed by atoms with Crippen LogP contribution in [0.25, 0.3) is 33.5 Å². The van der Waals surface area contributed by atoms with Crippen molar-refractivity contribution >= 4 is 17.2 Å². The molecule has 6 heterocycles. The molecule has 0 aliphatic rings. The number of fused-ring (bicyclic) bond motifs is 2. The molecule has 0 unspecified atom stereocenters. The molecule has 8 rings (SSSR count). The summed E-state index contributed by atoms with van der Waals surface area (Å²) >= 11 is 0. The summed E-state index contributed by atoms with van der Waals surface area (Å²) < 4.78 is 47.9. The van der Waals surface area contributed by atoms with Gasteiger partial charge in [0.25, 0.3) is 5.91 Å². The molecule has 2 aromatic carbocycles. The summed E-state index contributed by atoms with van der Waals surface area (Å²) in [5.41, 5.74) is 22.8. The van der Waals surface area contributed by atoms with E-state index in [0.29, 0.717) is 86.0 Å². The Morgan fingerprint density at radius 2 is 1.17 bits per heavy atom. The van der Waals surface area contributed by atoms with Crippen molar-refractivity contribution in [1.82, 2.24) is 43.2 Å². The largest absolute Gasteiger partial charge is 0.493 e. The number of carbonyl (C=O) groups excluding carboxylic acids is 1. The van der Waals surface area contributed by atoms with Crippen LogP contribution >= 0.6 is 0 Å². The number of pyridine rings is 2. The Bertz CT molecular complexity index is 2950. The Kier molecular flexibility index (Phi) is 14.4. The van der Waals surface area contributed by atoms with Gasteiger partial charge in [0.15, 0.2) is 5.69 Å². The van der Waals surface area contributed by atoms with Crippen molar-refractivity contribution in [2.24, 2.45) is 25.6 Å². The number of nitrogens with two attached hydrogens (primary N) is 2. The number of aliphatic hydroxyl groups excluding tert-OH is 1. The third kappa shape index (κ3) is 10.1. The number of ether oxygens (including phenoxy) is 2. The summed E-state index contributed by atoms with van der Waals surface area (Å²) in [4.78, 5) is 22.9. The highest BCUT2D eigenvalue weighted by atomic mass is 19.1. The van der Waals surface area contributed by atoms with Crippen LogP contribution in [0.3, 0.4) is 0 Å². The summed E-state index contributed by atoms with van der Waals surface area (Å²) in [6.07, 6.45) is 9.95. The minimum absolute atomic E-state index is 0.116. The number of aromatic nitrogens is 8.